The van der Waals surface area contributed by atoms with Gasteiger partial charge in [0, 0.05) is 4.47 Å². The van der Waals surface area contributed by atoms with Crippen molar-refractivity contribution in [3.8, 4) is 0 Å². The first kappa shape index (κ1) is 18.2. The Labute approximate surface area is 137 Å². The summed E-state index contributed by atoms with van der Waals surface area (Å²) in [6.45, 7) is 11.3. The SMILES string of the molecule is CCCCOC(=O)Cc1c(C(C)C)cc(Br)cc1C(C)C. The van der Waals surface area contributed by atoms with Crippen LogP contribution in [0.5, 0.6) is 0 Å². The summed E-state index contributed by atoms with van der Waals surface area (Å²) in [6.07, 6.45) is 2.35. The van der Waals surface area contributed by atoms with Crippen LogP contribution < -0.4 is 0 Å². The maximum absolute atomic E-state index is 12.1. The molecule has 0 spiro atoms. The summed E-state index contributed by atoms with van der Waals surface area (Å²) >= 11 is 3.59. The van der Waals surface area contributed by atoms with Crippen molar-refractivity contribution in [3.63, 3.8) is 0 Å². The highest BCUT2D eigenvalue weighted by molar-refractivity contribution is 9.10. The predicted molar refractivity (Wildman–Crippen MR) is 91.9 cm³/mol. The maximum atomic E-state index is 12.1. The number of benzene rings is 1. The first-order valence-corrected chi connectivity index (χ1v) is 8.63. The average Bonchev–Trinajstić information content (AvgIpc) is 2.40. The van der Waals surface area contributed by atoms with E-state index >= 15 is 0 Å². The van der Waals surface area contributed by atoms with E-state index < -0.39 is 0 Å². The van der Waals surface area contributed by atoms with Gasteiger partial charge in [0.1, 0.15) is 0 Å². The van der Waals surface area contributed by atoms with Crippen molar-refractivity contribution in [2.45, 2.75) is 65.7 Å². The summed E-state index contributed by atoms with van der Waals surface area (Å²) < 4.78 is 6.42. The average molecular weight is 355 g/mol. The topological polar surface area (TPSA) is 26.3 Å². The third kappa shape index (κ3) is 5.46. The van der Waals surface area contributed by atoms with E-state index in [2.05, 4.69) is 62.7 Å². The summed E-state index contributed by atoms with van der Waals surface area (Å²) in [5.74, 6) is 0.659. The molecule has 0 aliphatic carbocycles. The molecular weight excluding hydrogens is 328 g/mol. The molecule has 3 heteroatoms. The second-order valence-electron chi connectivity index (χ2n) is 6.12. The fraction of sp³-hybridized carbons (Fsp3) is 0.611. The second-order valence-corrected chi connectivity index (χ2v) is 7.04. The molecular formula is C18H27BrO2. The van der Waals surface area contributed by atoms with E-state index in [0.717, 1.165) is 22.9 Å². The summed E-state index contributed by atoms with van der Waals surface area (Å²) in [7, 11) is 0. The van der Waals surface area contributed by atoms with E-state index in [0.29, 0.717) is 24.9 Å². The van der Waals surface area contributed by atoms with Gasteiger partial charge in [-0.05, 0) is 47.1 Å². The van der Waals surface area contributed by atoms with Crippen LogP contribution in [0.15, 0.2) is 16.6 Å². The van der Waals surface area contributed by atoms with Crippen molar-refractivity contribution in [1.82, 2.24) is 0 Å². The lowest BCUT2D eigenvalue weighted by molar-refractivity contribution is -0.142. The van der Waals surface area contributed by atoms with Crippen LogP contribution in [-0.2, 0) is 16.0 Å². The third-order valence-corrected chi connectivity index (χ3v) is 4.07. The number of halogens is 1. The molecule has 0 fully saturated rings. The number of unbranched alkanes of at least 4 members (excludes halogenated alkanes) is 1. The lowest BCUT2D eigenvalue weighted by atomic mass is 9.87. The van der Waals surface area contributed by atoms with E-state index in [4.69, 9.17) is 4.74 Å². The largest absolute Gasteiger partial charge is 0.465 e. The normalized spacial score (nSPS) is 11.2. The molecule has 0 aromatic heterocycles. The van der Waals surface area contributed by atoms with Crippen molar-refractivity contribution >= 4 is 21.9 Å². The molecule has 0 heterocycles. The van der Waals surface area contributed by atoms with Crippen molar-refractivity contribution in [1.29, 1.82) is 0 Å². The zero-order chi connectivity index (χ0) is 16.0. The first-order valence-electron chi connectivity index (χ1n) is 7.84. The van der Waals surface area contributed by atoms with Gasteiger partial charge >= 0.3 is 5.97 Å². The molecule has 2 nitrogen and oxygen atoms in total. The highest BCUT2D eigenvalue weighted by atomic mass is 79.9. The second kappa shape index (κ2) is 8.57. The molecule has 0 atom stereocenters. The van der Waals surface area contributed by atoms with Crippen LogP contribution in [0.3, 0.4) is 0 Å². The van der Waals surface area contributed by atoms with E-state index in [9.17, 15) is 4.79 Å². The lowest BCUT2D eigenvalue weighted by Crippen LogP contribution is -2.13. The summed E-state index contributed by atoms with van der Waals surface area (Å²) in [5, 5.41) is 0. The fourth-order valence-corrected chi connectivity index (χ4v) is 2.93. The number of ether oxygens (including phenoxy) is 1. The van der Waals surface area contributed by atoms with Gasteiger partial charge in [0.15, 0.2) is 0 Å². The summed E-state index contributed by atoms with van der Waals surface area (Å²) in [5.41, 5.74) is 3.62. The Morgan fingerprint density at radius 1 is 1.14 bits per heavy atom. The van der Waals surface area contributed by atoms with Gasteiger partial charge in [0.05, 0.1) is 13.0 Å². The number of hydrogen-bond donors (Lipinski definition) is 0. The molecule has 21 heavy (non-hydrogen) atoms. The van der Waals surface area contributed by atoms with Crippen LogP contribution >= 0.6 is 15.9 Å². The van der Waals surface area contributed by atoms with Gasteiger partial charge < -0.3 is 4.74 Å². The van der Waals surface area contributed by atoms with Gasteiger partial charge in [-0.25, -0.2) is 0 Å². The fourth-order valence-electron chi connectivity index (χ4n) is 2.44. The number of carbonyl (C=O) groups is 1. The quantitative estimate of drug-likeness (QED) is 0.471. The molecule has 118 valence electrons. The van der Waals surface area contributed by atoms with E-state index in [-0.39, 0.29) is 5.97 Å². The van der Waals surface area contributed by atoms with E-state index in [1.54, 1.807) is 0 Å². The monoisotopic (exact) mass is 354 g/mol. The van der Waals surface area contributed by atoms with E-state index in [1.165, 1.54) is 11.1 Å². The predicted octanol–water partition coefficient (Wildman–Crippen LogP) is 5.58. The lowest BCUT2D eigenvalue weighted by Gasteiger charge is -2.20. The van der Waals surface area contributed by atoms with Crippen molar-refractivity contribution < 1.29 is 9.53 Å². The van der Waals surface area contributed by atoms with Crippen LogP contribution in [-0.4, -0.2) is 12.6 Å². The van der Waals surface area contributed by atoms with Gasteiger partial charge in [-0.2, -0.15) is 0 Å². The highest BCUT2D eigenvalue weighted by Crippen LogP contribution is 2.32. The molecule has 0 N–H and O–H groups in total. The summed E-state index contributed by atoms with van der Waals surface area (Å²) in [4.78, 5) is 12.1. The summed E-state index contributed by atoms with van der Waals surface area (Å²) in [6, 6.07) is 4.26. The minimum Gasteiger partial charge on any atom is -0.465 e. The maximum Gasteiger partial charge on any atom is 0.310 e. The Bertz CT molecular complexity index is 449. The van der Waals surface area contributed by atoms with Crippen molar-refractivity contribution in [2.24, 2.45) is 0 Å². The molecule has 1 rings (SSSR count). The number of carbonyl (C=O) groups excluding carboxylic acids is 1. The van der Waals surface area contributed by atoms with Crippen LogP contribution in [0, 0.1) is 0 Å². The Hall–Kier alpha value is -0.830. The molecule has 0 amide bonds. The third-order valence-electron chi connectivity index (χ3n) is 3.61. The number of hydrogen-bond acceptors (Lipinski definition) is 2. The Morgan fingerprint density at radius 3 is 2.10 bits per heavy atom. The molecule has 0 saturated heterocycles. The van der Waals surface area contributed by atoms with Crippen LogP contribution in [0.25, 0.3) is 0 Å². The Morgan fingerprint density at radius 2 is 1.67 bits per heavy atom. The Kier molecular flexibility index (Phi) is 7.44. The first-order chi connectivity index (χ1) is 9.86. The van der Waals surface area contributed by atoms with Gasteiger partial charge in [-0.15, -0.1) is 0 Å². The molecule has 0 bridgehead atoms. The molecule has 1 aromatic rings. The highest BCUT2D eigenvalue weighted by Gasteiger charge is 2.18. The van der Waals surface area contributed by atoms with E-state index in [1.807, 2.05) is 0 Å². The molecule has 0 aliphatic heterocycles. The molecule has 0 unspecified atom stereocenters. The molecule has 0 aliphatic rings. The molecule has 0 radical (unpaired) electrons. The van der Waals surface area contributed by atoms with Gasteiger partial charge in [-0.1, -0.05) is 57.0 Å². The smallest absolute Gasteiger partial charge is 0.310 e. The zero-order valence-electron chi connectivity index (χ0n) is 13.8. The van der Waals surface area contributed by atoms with Crippen molar-refractivity contribution in [2.75, 3.05) is 6.61 Å². The van der Waals surface area contributed by atoms with Crippen LogP contribution in [0.4, 0.5) is 0 Å². The van der Waals surface area contributed by atoms with Gasteiger partial charge in [0.25, 0.3) is 0 Å². The van der Waals surface area contributed by atoms with Crippen molar-refractivity contribution in [3.05, 3.63) is 33.3 Å². The zero-order valence-corrected chi connectivity index (χ0v) is 15.4. The number of rotatable bonds is 7. The number of esters is 1. The minimum atomic E-state index is -0.116. The Balaban J connectivity index is 3.05. The van der Waals surface area contributed by atoms with Gasteiger partial charge in [-0.3, -0.25) is 4.79 Å². The standard InChI is InChI=1S/C18H27BrO2/c1-6-7-8-21-18(20)11-17-15(12(2)3)9-14(19)10-16(17)13(4)5/h9-10,12-13H,6-8,11H2,1-5H3. The van der Waals surface area contributed by atoms with Crippen LogP contribution in [0.1, 0.15) is 76.0 Å². The molecule has 0 saturated carbocycles. The van der Waals surface area contributed by atoms with Gasteiger partial charge in [0.2, 0.25) is 0 Å². The van der Waals surface area contributed by atoms with Crippen LogP contribution in [0.2, 0.25) is 0 Å². The minimum absolute atomic E-state index is 0.116. The molecule has 1 aromatic carbocycles.